The Balaban J connectivity index is 1.60. The number of Topliss-reactive ketones (excluding diaryl/α,β-unsaturated/α-hetero) is 1. The zero-order valence-electron chi connectivity index (χ0n) is 19.5. The van der Waals surface area contributed by atoms with E-state index in [1.807, 2.05) is 23.0 Å². The van der Waals surface area contributed by atoms with Crippen LogP contribution in [0.1, 0.15) is 31.7 Å². The molecule has 0 aromatic carbocycles. The molecule has 0 aliphatic heterocycles. The Bertz CT molecular complexity index is 1190. The van der Waals surface area contributed by atoms with E-state index in [4.69, 9.17) is 10.5 Å². The molecule has 2 N–H and O–H groups in total. The zero-order valence-corrected chi connectivity index (χ0v) is 20.5. The largest absolute Gasteiger partial charge is 0.382 e. The summed E-state index contributed by atoms with van der Waals surface area (Å²) in [6.45, 7) is 8.14. The van der Waals surface area contributed by atoms with Crippen molar-refractivity contribution >= 4 is 30.7 Å². The van der Waals surface area contributed by atoms with Crippen molar-refractivity contribution in [1.82, 2.24) is 24.3 Å². The van der Waals surface area contributed by atoms with Crippen LogP contribution in [0.3, 0.4) is 0 Å². The van der Waals surface area contributed by atoms with Gasteiger partial charge in [-0.1, -0.05) is 19.6 Å². The molecule has 1 aliphatic rings. The molecule has 0 radical (unpaired) electrons. The minimum atomic E-state index is -1.14. The molecule has 4 rings (SSSR count). The standard InChI is InChI=1S/C23H31N7O2Si/c1-33(2,3)12-11-32-15-29-10-8-17-21(26-14-27-23(17)29)18-13-30(28-22(18)25)19(7-9-24)16-5-4-6-20(16)31/h8,10,13-14,16,19H,4-7,11-12,15H2,1-3H3,(H2,25,28). The van der Waals surface area contributed by atoms with Gasteiger partial charge in [0.1, 0.15) is 24.5 Å². The Hall–Kier alpha value is -3.03. The number of anilines is 1. The molecule has 1 saturated carbocycles. The van der Waals surface area contributed by atoms with Crippen LogP contribution in [0.25, 0.3) is 22.3 Å². The maximum atomic E-state index is 12.4. The number of nitrogen functional groups attached to an aromatic ring is 1. The fraction of sp³-hybridized carbons (Fsp3) is 0.522. The summed E-state index contributed by atoms with van der Waals surface area (Å²) in [7, 11) is -1.14. The molecule has 33 heavy (non-hydrogen) atoms. The second-order valence-corrected chi connectivity index (χ2v) is 15.5. The first-order valence-corrected chi connectivity index (χ1v) is 15.1. The van der Waals surface area contributed by atoms with E-state index in [1.165, 1.54) is 6.33 Å². The minimum Gasteiger partial charge on any atom is -0.382 e. The smallest absolute Gasteiger partial charge is 0.154 e. The molecule has 1 aliphatic carbocycles. The van der Waals surface area contributed by atoms with Gasteiger partial charge < -0.3 is 15.0 Å². The van der Waals surface area contributed by atoms with Gasteiger partial charge in [0.05, 0.1) is 29.8 Å². The number of ketones is 1. The van der Waals surface area contributed by atoms with Crippen molar-refractivity contribution in [3.05, 3.63) is 24.8 Å². The highest BCUT2D eigenvalue weighted by atomic mass is 28.3. The summed E-state index contributed by atoms with van der Waals surface area (Å²) in [6.07, 6.45) is 7.67. The van der Waals surface area contributed by atoms with Gasteiger partial charge in [-0.25, -0.2) is 9.97 Å². The summed E-state index contributed by atoms with van der Waals surface area (Å²) in [6, 6.07) is 4.95. The highest BCUT2D eigenvalue weighted by molar-refractivity contribution is 6.76. The molecular formula is C23H31N7O2Si. The Labute approximate surface area is 194 Å². The van der Waals surface area contributed by atoms with Gasteiger partial charge in [-0.2, -0.15) is 10.4 Å². The summed E-state index contributed by atoms with van der Waals surface area (Å²) in [4.78, 5) is 21.3. The van der Waals surface area contributed by atoms with Gasteiger partial charge in [-0.15, -0.1) is 0 Å². The molecule has 0 spiro atoms. The molecule has 3 heterocycles. The third kappa shape index (κ3) is 4.99. The molecule has 0 bridgehead atoms. The highest BCUT2D eigenvalue weighted by Crippen LogP contribution is 2.36. The molecule has 2 unspecified atom stereocenters. The van der Waals surface area contributed by atoms with E-state index in [2.05, 4.69) is 40.8 Å². The van der Waals surface area contributed by atoms with E-state index >= 15 is 0 Å². The second-order valence-electron chi connectivity index (χ2n) is 9.90. The first-order chi connectivity index (χ1) is 15.8. The van der Waals surface area contributed by atoms with Crippen molar-refractivity contribution in [1.29, 1.82) is 5.26 Å². The second kappa shape index (κ2) is 9.45. The maximum Gasteiger partial charge on any atom is 0.154 e. The lowest BCUT2D eigenvalue weighted by Crippen LogP contribution is -2.23. The van der Waals surface area contributed by atoms with E-state index in [0.29, 0.717) is 30.2 Å². The van der Waals surface area contributed by atoms with E-state index in [-0.39, 0.29) is 24.2 Å². The molecule has 0 saturated heterocycles. The maximum absolute atomic E-state index is 12.4. The van der Waals surface area contributed by atoms with E-state index < -0.39 is 8.07 Å². The van der Waals surface area contributed by atoms with Crippen LogP contribution in [-0.2, 0) is 16.3 Å². The lowest BCUT2D eigenvalue weighted by atomic mass is 9.95. The van der Waals surface area contributed by atoms with Gasteiger partial charge in [0.2, 0.25) is 0 Å². The van der Waals surface area contributed by atoms with Crippen LogP contribution in [0, 0.1) is 17.2 Å². The summed E-state index contributed by atoms with van der Waals surface area (Å²) >= 11 is 0. The van der Waals surface area contributed by atoms with Crippen LogP contribution in [0.15, 0.2) is 24.8 Å². The number of carbonyl (C=O) groups excluding carboxylic acids is 1. The predicted octanol–water partition coefficient (Wildman–Crippen LogP) is 4.01. The zero-order chi connectivity index (χ0) is 23.6. The fourth-order valence-electron chi connectivity index (χ4n) is 4.38. The normalized spacial score (nSPS) is 17.5. The SMILES string of the molecule is C[Si](C)(C)CCOCn1ccc2c(-c3cn(C(CC#N)C4CCCC4=O)nc3N)ncnc21. The minimum absolute atomic E-state index is 0.196. The van der Waals surface area contributed by atoms with E-state index in [9.17, 15) is 10.1 Å². The molecule has 2 atom stereocenters. The molecule has 174 valence electrons. The number of nitriles is 1. The number of hydrogen-bond donors (Lipinski definition) is 1. The monoisotopic (exact) mass is 465 g/mol. The predicted molar refractivity (Wildman–Crippen MR) is 129 cm³/mol. The van der Waals surface area contributed by atoms with Crippen LogP contribution >= 0.6 is 0 Å². The molecule has 3 aromatic heterocycles. The van der Waals surface area contributed by atoms with Crippen LogP contribution in [0.2, 0.25) is 25.7 Å². The van der Waals surface area contributed by atoms with Gasteiger partial charge in [0.15, 0.2) is 5.82 Å². The van der Waals surface area contributed by atoms with Gasteiger partial charge in [0, 0.05) is 44.8 Å². The average Bonchev–Trinajstić information content (AvgIpc) is 3.47. The Morgan fingerprint density at radius 2 is 2.18 bits per heavy atom. The van der Waals surface area contributed by atoms with Crippen molar-refractivity contribution in [2.24, 2.45) is 5.92 Å². The summed E-state index contributed by atoms with van der Waals surface area (Å²) in [5.74, 6) is 0.320. The number of aromatic nitrogens is 5. The Kier molecular flexibility index (Phi) is 6.62. The topological polar surface area (TPSA) is 125 Å². The van der Waals surface area contributed by atoms with Crippen LogP contribution < -0.4 is 5.73 Å². The van der Waals surface area contributed by atoms with Crippen molar-refractivity contribution in [2.75, 3.05) is 12.3 Å². The number of carbonyl (C=O) groups is 1. The number of nitrogens with zero attached hydrogens (tertiary/aromatic N) is 6. The van der Waals surface area contributed by atoms with Gasteiger partial charge >= 0.3 is 0 Å². The van der Waals surface area contributed by atoms with E-state index in [1.54, 1.807) is 4.68 Å². The quantitative estimate of drug-likeness (QED) is 0.374. The lowest BCUT2D eigenvalue weighted by Gasteiger charge is -2.20. The molecule has 9 nitrogen and oxygen atoms in total. The van der Waals surface area contributed by atoms with Crippen molar-refractivity contribution in [3.8, 4) is 17.3 Å². The number of nitrogens with two attached hydrogens (primary N) is 1. The number of ether oxygens (including phenoxy) is 1. The van der Waals surface area contributed by atoms with E-state index in [0.717, 1.165) is 36.5 Å². The molecular weight excluding hydrogens is 434 g/mol. The highest BCUT2D eigenvalue weighted by Gasteiger charge is 2.34. The summed E-state index contributed by atoms with van der Waals surface area (Å²) < 4.78 is 9.54. The first kappa shape index (κ1) is 23.1. The molecule has 10 heteroatoms. The Morgan fingerprint density at radius 3 is 2.88 bits per heavy atom. The third-order valence-electron chi connectivity index (χ3n) is 6.26. The Morgan fingerprint density at radius 1 is 1.36 bits per heavy atom. The van der Waals surface area contributed by atoms with Gasteiger partial charge in [0.25, 0.3) is 0 Å². The van der Waals surface area contributed by atoms with Crippen molar-refractivity contribution in [2.45, 2.75) is 64.1 Å². The first-order valence-electron chi connectivity index (χ1n) is 11.4. The van der Waals surface area contributed by atoms with Crippen molar-refractivity contribution in [3.63, 3.8) is 0 Å². The number of rotatable bonds is 9. The third-order valence-corrected chi connectivity index (χ3v) is 7.96. The molecule has 1 fully saturated rings. The van der Waals surface area contributed by atoms with Gasteiger partial charge in [-0.05, 0) is 25.0 Å². The summed E-state index contributed by atoms with van der Waals surface area (Å²) in [5.41, 5.74) is 8.41. The number of fused-ring (bicyclic) bond motifs is 1. The van der Waals surface area contributed by atoms with Crippen molar-refractivity contribution < 1.29 is 9.53 Å². The fourth-order valence-corrected chi connectivity index (χ4v) is 5.14. The average molecular weight is 466 g/mol. The van der Waals surface area contributed by atoms with Gasteiger partial charge in [-0.3, -0.25) is 9.48 Å². The van der Waals surface area contributed by atoms with Crippen LogP contribution in [0.5, 0.6) is 0 Å². The van der Waals surface area contributed by atoms with Crippen LogP contribution in [-0.4, -0.2) is 44.8 Å². The number of hydrogen-bond acceptors (Lipinski definition) is 7. The van der Waals surface area contributed by atoms with Crippen LogP contribution in [0.4, 0.5) is 5.82 Å². The lowest BCUT2D eigenvalue weighted by molar-refractivity contribution is -0.121. The summed E-state index contributed by atoms with van der Waals surface area (Å²) in [5, 5.41) is 14.7. The molecule has 3 aromatic rings. The molecule has 0 amide bonds.